The van der Waals surface area contributed by atoms with Crippen molar-refractivity contribution in [1.82, 2.24) is 9.97 Å². The Balaban J connectivity index is 1.65. The van der Waals surface area contributed by atoms with Crippen molar-refractivity contribution in [2.75, 3.05) is 0 Å². The SMILES string of the molecule is Cc1cc(-c2nccc3c2OC(N)C3(N)c2cccc(-c3ccccc3)c2)ccn1. The number of aromatic nitrogens is 2. The number of rotatable bonds is 3. The third kappa shape index (κ3) is 2.87. The molecule has 2 unspecified atom stereocenters. The Morgan fingerprint density at radius 3 is 2.40 bits per heavy atom. The van der Waals surface area contributed by atoms with Gasteiger partial charge in [0.1, 0.15) is 11.2 Å². The molecule has 2 aromatic carbocycles. The molecule has 5 nitrogen and oxygen atoms in total. The molecule has 0 spiro atoms. The molecule has 5 heteroatoms. The highest BCUT2D eigenvalue weighted by Crippen LogP contribution is 2.46. The van der Waals surface area contributed by atoms with Gasteiger partial charge in [-0.15, -0.1) is 0 Å². The zero-order valence-electron chi connectivity index (χ0n) is 16.6. The summed E-state index contributed by atoms with van der Waals surface area (Å²) in [5.74, 6) is 0.628. The predicted molar refractivity (Wildman–Crippen MR) is 118 cm³/mol. The third-order valence-electron chi connectivity index (χ3n) is 5.66. The summed E-state index contributed by atoms with van der Waals surface area (Å²) in [5, 5.41) is 0. The van der Waals surface area contributed by atoms with E-state index in [2.05, 4.69) is 34.2 Å². The lowest BCUT2D eigenvalue weighted by atomic mass is 9.82. The Morgan fingerprint density at radius 1 is 0.833 bits per heavy atom. The Labute approximate surface area is 175 Å². The van der Waals surface area contributed by atoms with Crippen molar-refractivity contribution < 1.29 is 4.74 Å². The van der Waals surface area contributed by atoms with Gasteiger partial charge in [-0.1, -0.05) is 48.5 Å². The average Bonchev–Trinajstić information content (AvgIpc) is 3.05. The highest BCUT2D eigenvalue weighted by molar-refractivity contribution is 5.72. The standard InChI is InChI=1S/C25H22N4O/c1-16-14-19(10-12-28-16)22-23-21(11-13-29-22)25(27,24(26)30-23)20-9-5-8-18(15-20)17-6-3-2-4-7-17/h2-15,24H,26-27H2,1H3. The average molecular weight is 394 g/mol. The van der Waals surface area contributed by atoms with Crippen LogP contribution in [0.3, 0.4) is 0 Å². The maximum absolute atomic E-state index is 6.97. The van der Waals surface area contributed by atoms with Gasteiger partial charge >= 0.3 is 0 Å². The molecular formula is C25H22N4O. The fraction of sp³-hybridized carbons (Fsp3) is 0.120. The highest BCUT2D eigenvalue weighted by atomic mass is 16.5. The first kappa shape index (κ1) is 18.5. The van der Waals surface area contributed by atoms with Crippen LogP contribution in [0, 0.1) is 6.92 Å². The van der Waals surface area contributed by atoms with E-state index in [1.54, 1.807) is 12.4 Å². The first-order chi connectivity index (χ1) is 14.6. The number of benzene rings is 2. The molecule has 0 amide bonds. The van der Waals surface area contributed by atoms with Crippen LogP contribution in [0.2, 0.25) is 0 Å². The molecule has 0 saturated carbocycles. The molecule has 2 aromatic heterocycles. The van der Waals surface area contributed by atoms with Crippen LogP contribution in [0.1, 0.15) is 16.8 Å². The summed E-state index contributed by atoms with van der Waals surface area (Å²) < 4.78 is 6.12. The molecule has 0 bridgehead atoms. The van der Waals surface area contributed by atoms with Gasteiger partial charge in [-0.2, -0.15) is 0 Å². The van der Waals surface area contributed by atoms with Crippen LogP contribution in [-0.2, 0) is 5.54 Å². The predicted octanol–water partition coefficient (Wildman–Crippen LogP) is 4.00. The Bertz CT molecular complexity index is 1220. The minimum Gasteiger partial charge on any atom is -0.470 e. The molecule has 1 aliphatic rings. The second-order valence-electron chi connectivity index (χ2n) is 7.58. The van der Waals surface area contributed by atoms with Crippen molar-refractivity contribution in [3.63, 3.8) is 0 Å². The summed E-state index contributed by atoms with van der Waals surface area (Å²) in [6.07, 6.45) is 2.79. The van der Waals surface area contributed by atoms with Crippen molar-refractivity contribution in [3.8, 4) is 28.1 Å². The van der Waals surface area contributed by atoms with E-state index in [9.17, 15) is 0 Å². The van der Waals surface area contributed by atoms with Crippen LogP contribution < -0.4 is 16.2 Å². The number of fused-ring (bicyclic) bond motifs is 1. The second kappa shape index (κ2) is 7.06. The summed E-state index contributed by atoms with van der Waals surface area (Å²) in [4.78, 5) is 8.83. The molecule has 2 atom stereocenters. The van der Waals surface area contributed by atoms with Crippen LogP contribution in [0.25, 0.3) is 22.4 Å². The number of ether oxygens (including phenoxy) is 1. The lowest BCUT2D eigenvalue weighted by molar-refractivity contribution is 0.178. The molecule has 4 aromatic rings. The lowest BCUT2D eigenvalue weighted by Gasteiger charge is -2.28. The summed E-state index contributed by atoms with van der Waals surface area (Å²) in [7, 11) is 0. The maximum atomic E-state index is 6.97. The monoisotopic (exact) mass is 394 g/mol. The first-order valence-corrected chi connectivity index (χ1v) is 9.87. The van der Waals surface area contributed by atoms with E-state index in [1.165, 1.54) is 0 Å². The van der Waals surface area contributed by atoms with Gasteiger partial charge in [0.05, 0.1) is 0 Å². The molecule has 0 saturated heterocycles. The van der Waals surface area contributed by atoms with Gasteiger partial charge in [-0.3, -0.25) is 15.7 Å². The Morgan fingerprint density at radius 2 is 1.60 bits per heavy atom. The number of aryl methyl sites for hydroxylation is 1. The lowest BCUT2D eigenvalue weighted by Crippen LogP contribution is -2.52. The number of nitrogens with two attached hydrogens (primary N) is 2. The van der Waals surface area contributed by atoms with Crippen molar-refractivity contribution in [1.29, 1.82) is 0 Å². The summed E-state index contributed by atoms with van der Waals surface area (Å²) in [6, 6.07) is 24.2. The van der Waals surface area contributed by atoms with Crippen LogP contribution in [0.15, 0.2) is 85.2 Å². The van der Waals surface area contributed by atoms with Gasteiger partial charge in [0, 0.05) is 29.2 Å². The van der Waals surface area contributed by atoms with Crippen molar-refractivity contribution in [2.24, 2.45) is 11.5 Å². The number of pyridine rings is 2. The van der Waals surface area contributed by atoms with Gasteiger partial charge in [0.15, 0.2) is 12.0 Å². The van der Waals surface area contributed by atoms with Crippen molar-refractivity contribution in [2.45, 2.75) is 18.7 Å². The molecule has 30 heavy (non-hydrogen) atoms. The van der Waals surface area contributed by atoms with Crippen LogP contribution in [0.4, 0.5) is 0 Å². The van der Waals surface area contributed by atoms with Gasteiger partial charge in [-0.05, 0) is 47.9 Å². The summed E-state index contributed by atoms with van der Waals surface area (Å²) >= 11 is 0. The molecule has 5 rings (SSSR count). The van der Waals surface area contributed by atoms with E-state index in [0.717, 1.165) is 39.2 Å². The molecule has 4 N–H and O–H groups in total. The molecular weight excluding hydrogens is 372 g/mol. The maximum Gasteiger partial charge on any atom is 0.174 e. The normalized spacial score (nSPS) is 19.9. The fourth-order valence-electron chi connectivity index (χ4n) is 4.07. The second-order valence-corrected chi connectivity index (χ2v) is 7.58. The van der Waals surface area contributed by atoms with E-state index in [0.29, 0.717) is 5.75 Å². The Hall–Kier alpha value is -3.54. The molecule has 0 fully saturated rings. The van der Waals surface area contributed by atoms with E-state index >= 15 is 0 Å². The molecule has 0 aliphatic carbocycles. The van der Waals surface area contributed by atoms with Crippen LogP contribution in [0.5, 0.6) is 5.75 Å². The quantitative estimate of drug-likeness (QED) is 0.548. The van der Waals surface area contributed by atoms with Crippen molar-refractivity contribution >= 4 is 0 Å². The van der Waals surface area contributed by atoms with Crippen LogP contribution >= 0.6 is 0 Å². The Kier molecular flexibility index (Phi) is 4.35. The van der Waals surface area contributed by atoms with Crippen LogP contribution in [-0.4, -0.2) is 16.2 Å². The first-order valence-electron chi connectivity index (χ1n) is 9.87. The highest BCUT2D eigenvalue weighted by Gasteiger charge is 2.47. The van der Waals surface area contributed by atoms with Crippen molar-refractivity contribution in [3.05, 3.63) is 102 Å². The van der Waals surface area contributed by atoms with E-state index in [-0.39, 0.29) is 0 Å². The number of hydrogen-bond donors (Lipinski definition) is 2. The summed E-state index contributed by atoms with van der Waals surface area (Å²) in [6.45, 7) is 1.95. The number of hydrogen-bond acceptors (Lipinski definition) is 5. The zero-order valence-corrected chi connectivity index (χ0v) is 16.6. The van der Waals surface area contributed by atoms with Gasteiger partial charge < -0.3 is 10.5 Å². The minimum absolute atomic E-state index is 0.628. The molecule has 0 radical (unpaired) electrons. The van der Waals surface area contributed by atoms with E-state index in [4.69, 9.17) is 16.2 Å². The summed E-state index contributed by atoms with van der Waals surface area (Å²) in [5.41, 5.74) is 18.9. The molecule has 1 aliphatic heterocycles. The molecule has 3 heterocycles. The fourth-order valence-corrected chi connectivity index (χ4v) is 4.07. The largest absolute Gasteiger partial charge is 0.470 e. The van der Waals surface area contributed by atoms with E-state index < -0.39 is 11.8 Å². The van der Waals surface area contributed by atoms with E-state index in [1.807, 2.05) is 55.5 Å². The van der Waals surface area contributed by atoms with Gasteiger partial charge in [0.2, 0.25) is 0 Å². The van der Waals surface area contributed by atoms with Gasteiger partial charge in [-0.25, -0.2) is 0 Å². The number of nitrogens with zero attached hydrogens (tertiary/aromatic N) is 2. The molecule has 148 valence electrons. The smallest absolute Gasteiger partial charge is 0.174 e. The van der Waals surface area contributed by atoms with Gasteiger partial charge in [0.25, 0.3) is 0 Å². The zero-order chi connectivity index (χ0) is 20.7. The third-order valence-corrected chi connectivity index (χ3v) is 5.66. The topological polar surface area (TPSA) is 87.0 Å². The minimum atomic E-state index is -0.986.